The molecule has 1 heterocycles. The van der Waals surface area contributed by atoms with Gasteiger partial charge >= 0.3 is 0 Å². The second kappa shape index (κ2) is 0.692. The zero-order valence-electron chi connectivity index (χ0n) is 1.94. The van der Waals surface area contributed by atoms with Gasteiger partial charge in [-0.15, -0.1) is 0 Å². The van der Waals surface area contributed by atoms with Crippen molar-refractivity contribution in [1.82, 2.24) is 0 Å². The van der Waals surface area contributed by atoms with Crippen LogP contribution >= 0.6 is 15.9 Å². The Balaban J connectivity index is 2.17. The van der Waals surface area contributed by atoms with Crippen molar-refractivity contribution in [1.29, 1.82) is 0 Å². The van der Waals surface area contributed by atoms with Gasteiger partial charge in [-0.1, -0.05) is 15.9 Å². The molecule has 0 bridgehead atoms. The summed E-state index contributed by atoms with van der Waals surface area (Å²) in [5.41, 5.74) is 0. The van der Waals surface area contributed by atoms with E-state index in [0.717, 1.165) is 0 Å². The zero-order valence-corrected chi connectivity index (χ0v) is 3.53. The van der Waals surface area contributed by atoms with E-state index in [-0.39, 0.29) is 5.01 Å². The van der Waals surface area contributed by atoms with Crippen molar-refractivity contribution < 1.29 is 4.74 Å². The maximum atomic E-state index is 4.50. The van der Waals surface area contributed by atoms with Crippen molar-refractivity contribution in [2.75, 3.05) is 0 Å². The molecule has 0 spiro atoms. The molecule has 1 fully saturated rings. The Morgan fingerprint density at radius 3 is 2.25 bits per heavy atom. The summed E-state index contributed by atoms with van der Waals surface area (Å²) >= 11 is 3.10. The van der Waals surface area contributed by atoms with Crippen LogP contribution in [0.3, 0.4) is 0 Å². The van der Waals surface area contributed by atoms with E-state index in [1.807, 2.05) is 0 Å². The van der Waals surface area contributed by atoms with Gasteiger partial charge in [-0.05, 0) is 0 Å². The Labute approximate surface area is 33.1 Å². The Hall–Kier alpha value is 0.440. The molecule has 1 unspecified atom stereocenters. The molecule has 1 aliphatic heterocycles. The first-order valence-corrected chi connectivity index (χ1v) is 1.94. The van der Waals surface area contributed by atoms with Crippen LogP contribution in [0.2, 0.25) is 0 Å². The van der Waals surface area contributed by atoms with E-state index in [9.17, 15) is 0 Å². The summed E-state index contributed by atoms with van der Waals surface area (Å²) in [7, 11) is 0. The highest BCUT2D eigenvalue weighted by atomic mass is 79.9. The maximum Gasteiger partial charge on any atom is 0.141 e. The van der Waals surface area contributed by atoms with E-state index >= 15 is 0 Å². The lowest BCUT2D eigenvalue weighted by atomic mass is 11.0. The highest BCUT2D eigenvalue weighted by molar-refractivity contribution is 9.09. The average Bonchev–Trinajstić information content (AvgIpc) is 1.75. The van der Waals surface area contributed by atoms with Gasteiger partial charge in [0.1, 0.15) is 11.6 Å². The molecule has 0 N–H and O–H groups in total. The van der Waals surface area contributed by atoms with E-state index in [1.165, 1.54) is 0 Å². The largest absolute Gasteiger partial charge is 0.354 e. The van der Waals surface area contributed by atoms with Crippen molar-refractivity contribution in [2.24, 2.45) is 0 Å². The molecule has 2 heteroatoms. The third kappa shape index (κ3) is 0.428. The molecule has 1 radical (unpaired) electrons. The van der Waals surface area contributed by atoms with Gasteiger partial charge in [0.15, 0.2) is 0 Å². The standard InChI is InChI=1S/C2H2BrO/c3-2-1-4-2/h1-2H. The van der Waals surface area contributed by atoms with Gasteiger partial charge in [0, 0.05) is 0 Å². The number of halogens is 1. The van der Waals surface area contributed by atoms with Crippen molar-refractivity contribution in [3.05, 3.63) is 6.61 Å². The van der Waals surface area contributed by atoms with Gasteiger partial charge in [0.25, 0.3) is 0 Å². The average molecular weight is 122 g/mol. The van der Waals surface area contributed by atoms with Crippen LogP contribution in [0.4, 0.5) is 0 Å². The summed E-state index contributed by atoms with van der Waals surface area (Å²) in [5.74, 6) is 0. The fraction of sp³-hybridized carbons (Fsp3) is 0.500. The molecule has 0 aliphatic carbocycles. The molecular weight excluding hydrogens is 120 g/mol. The first-order chi connectivity index (χ1) is 1.89. The Morgan fingerprint density at radius 2 is 2.25 bits per heavy atom. The topological polar surface area (TPSA) is 12.5 Å². The number of epoxide rings is 1. The normalized spacial score (nSPS) is 39.8. The van der Waals surface area contributed by atoms with Crippen LogP contribution < -0.4 is 0 Å². The summed E-state index contributed by atoms with van der Waals surface area (Å²) in [4.78, 5) is 0. The Morgan fingerprint density at radius 1 is 2.00 bits per heavy atom. The lowest BCUT2D eigenvalue weighted by Crippen LogP contribution is -1.46. The molecule has 0 aromatic rings. The molecular formula is C2H2BrO. The van der Waals surface area contributed by atoms with Crippen LogP contribution in [0.15, 0.2) is 0 Å². The first kappa shape index (κ1) is 2.67. The molecule has 1 nitrogen and oxygen atoms in total. The molecule has 0 aromatic carbocycles. The minimum Gasteiger partial charge on any atom is -0.354 e. The quantitative estimate of drug-likeness (QED) is 0.343. The lowest BCUT2D eigenvalue weighted by molar-refractivity contribution is 0.491. The molecule has 1 atom stereocenters. The lowest BCUT2D eigenvalue weighted by Gasteiger charge is -1.47. The van der Waals surface area contributed by atoms with Crippen LogP contribution in [0, 0.1) is 6.61 Å². The number of rotatable bonds is 0. The molecule has 0 saturated carbocycles. The van der Waals surface area contributed by atoms with E-state index < -0.39 is 0 Å². The van der Waals surface area contributed by atoms with Crippen molar-refractivity contribution in [3.8, 4) is 0 Å². The van der Waals surface area contributed by atoms with Crippen LogP contribution in [-0.2, 0) is 4.74 Å². The fourth-order valence-electron chi connectivity index (χ4n) is 0.0297. The van der Waals surface area contributed by atoms with Gasteiger partial charge in [0.2, 0.25) is 0 Å². The third-order valence-corrected chi connectivity index (χ3v) is 0.671. The molecule has 0 aromatic heterocycles. The summed E-state index contributed by atoms with van der Waals surface area (Å²) in [6.45, 7) is 1.71. The van der Waals surface area contributed by atoms with Crippen molar-refractivity contribution >= 4 is 15.9 Å². The number of hydrogen-bond donors (Lipinski definition) is 0. The van der Waals surface area contributed by atoms with Crippen LogP contribution in [0.1, 0.15) is 0 Å². The smallest absolute Gasteiger partial charge is 0.141 e. The second-order valence-electron chi connectivity index (χ2n) is 0.623. The monoisotopic (exact) mass is 121 g/mol. The van der Waals surface area contributed by atoms with Gasteiger partial charge in [-0.25, -0.2) is 0 Å². The van der Waals surface area contributed by atoms with Crippen LogP contribution in [-0.4, -0.2) is 5.01 Å². The van der Waals surface area contributed by atoms with E-state index in [4.69, 9.17) is 0 Å². The minimum atomic E-state index is 0.271. The van der Waals surface area contributed by atoms with E-state index in [2.05, 4.69) is 20.7 Å². The predicted molar refractivity (Wildman–Crippen MR) is 18.1 cm³/mol. The summed E-state index contributed by atoms with van der Waals surface area (Å²) in [5, 5.41) is 0.271. The van der Waals surface area contributed by atoms with Gasteiger partial charge in [0.05, 0.1) is 0 Å². The summed E-state index contributed by atoms with van der Waals surface area (Å²) in [6, 6.07) is 0. The minimum absolute atomic E-state index is 0.271. The first-order valence-electron chi connectivity index (χ1n) is 1.02. The van der Waals surface area contributed by atoms with Gasteiger partial charge < -0.3 is 4.74 Å². The third-order valence-electron chi connectivity index (χ3n) is 0.239. The molecule has 23 valence electrons. The number of hydrogen-bond acceptors (Lipinski definition) is 1. The highest BCUT2D eigenvalue weighted by Gasteiger charge is 2.17. The molecule has 4 heavy (non-hydrogen) atoms. The molecule has 1 aliphatic rings. The van der Waals surface area contributed by atoms with E-state index in [1.54, 1.807) is 6.61 Å². The zero-order chi connectivity index (χ0) is 2.99. The SMILES string of the molecule is BrC1[CH]O1. The second-order valence-corrected chi connectivity index (χ2v) is 1.53. The van der Waals surface area contributed by atoms with Crippen LogP contribution in [0.5, 0.6) is 0 Å². The summed E-state index contributed by atoms with van der Waals surface area (Å²) < 4.78 is 4.50. The highest BCUT2D eigenvalue weighted by Crippen LogP contribution is 2.20. The molecule has 0 amide bonds. The fourth-order valence-corrected chi connectivity index (χ4v) is 0.154. The molecule has 1 rings (SSSR count). The molecule has 1 saturated heterocycles. The Bertz CT molecular complexity index is 25.2. The van der Waals surface area contributed by atoms with Crippen molar-refractivity contribution in [2.45, 2.75) is 5.01 Å². The van der Waals surface area contributed by atoms with Crippen molar-refractivity contribution in [3.63, 3.8) is 0 Å². The van der Waals surface area contributed by atoms with Gasteiger partial charge in [-0.2, -0.15) is 0 Å². The predicted octanol–water partition coefficient (Wildman–Crippen LogP) is 0.899. The Kier molecular flexibility index (Phi) is 0.461. The van der Waals surface area contributed by atoms with Crippen LogP contribution in [0.25, 0.3) is 0 Å². The number of alkyl halides is 1. The van der Waals surface area contributed by atoms with E-state index in [0.29, 0.717) is 0 Å². The number of ether oxygens (including phenoxy) is 1. The maximum absolute atomic E-state index is 4.50. The van der Waals surface area contributed by atoms with Gasteiger partial charge in [-0.3, -0.25) is 0 Å². The summed E-state index contributed by atoms with van der Waals surface area (Å²) in [6.07, 6.45) is 0.